The van der Waals surface area contributed by atoms with E-state index in [0.29, 0.717) is 0 Å². The molecule has 0 fully saturated rings. The first-order chi connectivity index (χ1) is 9.44. The first-order valence-corrected chi connectivity index (χ1v) is 7.93. The highest BCUT2D eigenvalue weighted by Gasteiger charge is 2.19. The zero-order valence-electron chi connectivity index (χ0n) is 9.84. The maximum atomic E-state index is 12.3. The molecule has 0 saturated carbocycles. The van der Waals surface area contributed by atoms with Gasteiger partial charge in [-0.3, -0.25) is 4.72 Å². The number of benzene rings is 1. The zero-order valence-corrected chi connectivity index (χ0v) is 13.0. The molecule has 0 atom stereocenters. The van der Waals surface area contributed by atoms with Gasteiger partial charge in [-0.05, 0) is 40.2 Å². The molecule has 5 nitrogen and oxygen atoms in total. The fraction of sp³-hybridized carbons (Fsp3) is 0. The van der Waals surface area contributed by atoms with Crippen molar-refractivity contribution in [3.63, 3.8) is 0 Å². The lowest BCUT2D eigenvalue weighted by atomic mass is 10.4. The smallest absolute Gasteiger partial charge is 0.263 e. The molecule has 0 saturated heterocycles. The number of rotatable bonds is 3. The molecule has 2 rings (SSSR count). The van der Waals surface area contributed by atoms with Crippen LogP contribution in [0.3, 0.4) is 0 Å². The van der Waals surface area contributed by atoms with Gasteiger partial charge in [0.05, 0.1) is 9.50 Å². The minimum atomic E-state index is -3.84. The van der Waals surface area contributed by atoms with Gasteiger partial charge in [0.2, 0.25) is 0 Å². The molecule has 0 aliphatic carbocycles. The summed E-state index contributed by atoms with van der Waals surface area (Å²) in [6, 6.07) is 10.8. The molecule has 1 aromatic carbocycles. The number of halogens is 2. The molecule has 1 N–H and O–H groups in total. The van der Waals surface area contributed by atoms with Crippen molar-refractivity contribution >= 4 is 43.4 Å². The van der Waals surface area contributed by atoms with E-state index in [-0.39, 0.29) is 25.9 Å². The predicted octanol–water partition coefficient (Wildman–Crippen LogP) is 3.17. The van der Waals surface area contributed by atoms with Crippen molar-refractivity contribution in [2.24, 2.45) is 0 Å². The summed E-state index contributed by atoms with van der Waals surface area (Å²) in [4.78, 5) is 3.85. The summed E-state index contributed by atoms with van der Waals surface area (Å²) in [5.74, 6) is 0.0657. The van der Waals surface area contributed by atoms with Crippen LogP contribution in [-0.2, 0) is 10.0 Å². The van der Waals surface area contributed by atoms with Gasteiger partial charge in [-0.2, -0.15) is 5.26 Å². The number of aromatic nitrogens is 1. The third kappa shape index (κ3) is 3.10. The van der Waals surface area contributed by atoms with E-state index in [1.807, 2.05) is 6.07 Å². The highest BCUT2D eigenvalue weighted by Crippen LogP contribution is 2.30. The molecule has 2 aromatic rings. The number of nitrogens with one attached hydrogen (secondary N) is 1. The van der Waals surface area contributed by atoms with Crippen molar-refractivity contribution in [3.05, 3.63) is 51.6 Å². The molecule has 8 heteroatoms. The number of hydrogen-bond donors (Lipinski definition) is 1. The van der Waals surface area contributed by atoms with Gasteiger partial charge in [0.25, 0.3) is 10.0 Å². The zero-order chi connectivity index (χ0) is 14.8. The van der Waals surface area contributed by atoms with E-state index in [9.17, 15) is 8.42 Å². The monoisotopic (exact) mass is 371 g/mol. The Balaban J connectivity index is 2.41. The summed E-state index contributed by atoms with van der Waals surface area (Å²) in [6.07, 6.45) is 0. The molecular formula is C12H7BrClN3O2S. The number of hydrogen-bond acceptors (Lipinski definition) is 4. The van der Waals surface area contributed by atoms with E-state index in [1.54, 1.807) is 6.07 Å². The Morgan fingerprint density at radius 1 is 1.25 bits per heavy atom. The third-order valence-corrected chi connectivity index (χ3v) is 5.37. The molecule has 0 aliphatic heterocycles. The van der Waals surface area contributed by atoms with E-state index in [1.165, 1.54) is 30.3 Å². The van der Waals surface area contributed by atoms with Crippen molar-refractivity contribution < 1.29 is 8.42 Å². The Morgan fingerprint density at radius 2 is 1.95 bits per heavy atom. The van der Waals surface area contributed by atoms with Crippen LogP contribution in [0.15, 0.2) is 45.8 Å². The summed E-state index contributed by atoms with van der Waals surface area (Å²) < 4.78 is 27.1. The van der Waals surface area contributed by atoms with Gasteiger partial charge in [-0.15, -0.1) is 0 Å². The quantitative estimate of drug-likeness (QED) is 0.897. The first kappa shape index (κ1) is 14.8. The maximum absolute atomic E-state index is 12.3. The van der Waals surface area contributed by atoms with Crippen molar-refractivity contribution in [1.29, 1.82) is 5.26 Å². The largest absolute Gasteiger partial charge is 0.264 e. The molecule has 0 radical (unpaired) electrons. The van der Waals surface area contributed by atoms with Crippen LogP contribution in [0.2, 0.25) is 5.02 Å². The Hall–Kier alpha value is -1.62. The molecule has 1 aromatic heterocycles. The first-order valence-electron chi connectivity index (χ1n) is 5.28. The Bertz CT molecular complexity index is 803. The average Bonchev–Trinajstić information content (AvgIpc) is 2.41. The van der Waals surface area contributed by atoms with Crippen molar-refractivity contribution in [3.8, 4) is 6.07 Å². The number of nitrogens with zero attached hydrogens (tertiary/aromatic N) is 2. The minimum Gasteiger partial charge on any atom is -0.263 e. The topological polar surface area (TPSA) is 82.9 Å². The van der Waals surface area contributed by atoms with Gasteiger partial charge < -0.3 is 0 Å². The molecule has 0 unspecified atom stereocenters. The number of sulfonamides is 1. The second-order valence-electron chi connectivity index (χ2n) is 3.68. The lowest BCUT2D eigenvalue weighted by Gasteiger charge is -2.09. The molecular weight excluding hydrogens is 366 g/mol. The van der Waals surface area contributed by atoms with Gasteiger partial charge in [0, 0.05) is 0 Å². The Labute approximate surface area is 129 Å². The van der Waals surface area contributed by atoms with E-state index in [0.717, 1.165) is 0 Å². The van der Waals surface area contributed by atoms with Crippen LogP contribution in [0.4, 0.5) is 5.82 Å². The van der Waals surface area contributed by atoms with Crippen LogP contribution in [-0.4, -0.2) is 13.4 Å². The van der Waals surface area contributed by atoms with E-state index in [2.05, 4.69) is 25.6 Å². The summed E-state index contributed by atoms with van der Waals surface area (Å²) in [6.45, 7) is 0. The highest BCUT2D eigenvalue weighted by molar-refractivity contribution is 9.10. The van der Waals surface area contributed by atoms with Crippen molar-refractivity contribution in [1.82, 2.24) is 4.98 Å². The standard InChI is InChI=1S/C12H7BrClN3O2S/c13-12-9(14)4-2-5-10(12)20(18,19)17-11-6-1-3-8(7-15)16-11/h1-6H,(H,16,17). The average molecular weight is 373 g/mol. The van der Waals surface area contributed by atoms with Gasteiger partial charge >= 0.3 is 0 Å². The fourth-order valence-electron chi connectivity index (χ4n) is 1.44. The maximum Gasteiger partial charge on any atom is 0.264 e. The van der Waals surface area contributed by atoms with Gasteiger partial charge in [0.15, 0.2) is 0 Å². The van der Waals surface area contributed by atoms with Gasteiger partial charge in [-0.1, -0.05) is 23.7 Å². The minimum absolute atomic E-state index is 0.00541. The van der Waals surface area contributed by atoms with Crippen LogP contribution in [0, 0.1) is 11.3 Å². The molecule has 0 aliphatic rings. The van der Waals surface area contributed by atoms with Crippen LogP contribution < -0.4 is 4.72 Å². The molecule has 20 heavy (non-hydrogen) atoms. The summed E-state index contributed by atoms with van der Waals surface area (Å²) >= 11 is 9.01. The summed E-state index contributed by atoms with van der Waals surface area (Å²) in [5.41, 5.74) is 0.121. The number of anilines is 1. The Morgan fingerprint density at radius 3 is 2.65 bits per heavy atom. The normalized spacial score (nSPS) is 10.8. The number of pyridine rings is 1. The van der Waals surface area contributed by atoms with Crippen molar-refractivity contribution in [2.75, 3.05) is 4.72 Å². The molecule has 0 spiro atoms. The Kier molecular flexibility index (Phi) is 4.28. The summed E-state index contributed by atoms with van der Waals surface area (Å²) in [5, 5.41) is 9.03. The van der Waals surface area contributed by atoms with Gasteiger partial charge in [-0.25, -0.2) is 13.4 Å². The van der Waals surface area contributed by atoms with E-state index in [4.69, 9.17) is 16.9 Å². The molecule has 1 heterocycles. The van der Waals surface area contributed by atoms with Crippen LogP contribution >= 0.6 is 27.5 Å². The number of nitriles is 1. The fourth-order valence-corrected chi connectivity index (χ4v) is 3.67. The van der Waals surface area contributed by atoms with Crippen LogP contribution in [0.1, 0.15) is 5.69 Å². The summed E-state index contributed by atoms with van der Waals surface area (Å²) in [7, 11) is -3.84. The highest BCUT2D eigenvalue weighted by atomic mass is 79.9. The predicted molar refractivity (Wildman–Crippen MR) is 78.9 cm³/mol. The van der Waals surface area contributed by atoms with Crippen molar-refractivity contribution in [2.45, 2.75) is 4.90 Å². The SMILES string of the molecule is N#Cc1cccc(NS(=O)(=O)c2cccc(Cl)c2Br)n1. The van der Waals surface area contributed by atoms with Crippen LogP contribution in [0.5, 0.6) is 0 Å². The second-order valence-corrected chi connectivity index (χ2v) is 6.53. The van der Waals surface area contributed by atoms with Crippen LogP contribution in [0.25, 0.3) is 0 Å². The lowest BCUT2D eigenvalue weighted by Crippen LogP contribution is -2.14. The molecule has 102 valence electrons. The molecule has 0 bridgehead atoms. The van der Waals surface area contributed by atoms with E-state index >= 15 is 0 Å². The molecule has 0 amide bonds. The lowest BCUT2D eigenvalue weighted by molar-refractivity contribution is 0.600. The van der Waals surface area contributed by atoms with E-state index < -0.39 is 10.0 Å². The second kappa shape index (κ2) is 5.79. The third-order valence-electron chi connectivity index (χ3n) is 2.31. The van der Waals surface area contributed by atoms with Gasteiger partial charge in [0.1, 0.15) is 22.5 Å².